The molecule has 1 aliphatic heterocycles. The third kappa shape index (κ3) is 4.12. The van der Waals surface area contributed by atoms with E-state index in [1.165, 1.54) is 19.1 Å². The lowest BCUT2D eigenvalue weighted by Gasteiger charge is -2.22. The van der Waals surface area contributed by atoms with Crippen LogP contribution in [0.1, 0.15) is 53.2 Å². The molecule has 2 amide bonds. The van der Waals surface area contributed by atoms with E-state index in [4.69, 9.17) is 0 Å². The Morgan fingerprint density at radius 1 is 1.19 bits per heavy atom. The summed E-state index contributed by atoms with van der Waals surface area (Å²) in [5, 5.41) is 2.66. The van der Waals surface area contributed by atoms with E-state index >= 15 is 0 Å². The number of rotatable bonds is 4. The Morgan fingerprint density at radius 3 is 2.74 bits per heavy atom. The van der Waals surface area contributed by atoms with Crippen LogP contribution >= 0.6 is 0 Å². The number of nitrogens with zero attached hydrogens (tertiary/aromatic N) is 3. The molecule has 9 heteroatoms. The van der Waals surface area contributed by atoms with Crippen molar-refractivity contribution in [3.63, 3.8) is 0 Å². The molecule has 3 heterocycles. The molecule has 0 aliphatic carbocycles. The van der Waals surface area contributed by atoms with Gasteiger partial charge in [0, 0.05) is 26.2 Å². The number of benzene rings is 1. The number of likely N-dealkylation sites (tertiary alicyclic amines) is 1. The number of nitrogens with one attached hydrogen (secondary N) is 1. The third-order valence-corrected chi connectivity index (χ3v) is 5.45. The van der Waals surface area contributed by atoms with Gasteiger partial charge in [-0.1, -0.05) is 18.2 Å². The van der Waals surface area contributed by atoms with Gasteiger partial charge in [0.1, 0.15) is 5.82 Å². The fraction of sp³-hybridized carbons (Fsp3) is 0.318. The SMILES string of the molecule is CC(=O)N1CCC[C@@H]1c1nc(C(=O)NCc2cccc(C(F)(F)F)c2)c2ccccn12. The summed E-state index contributed by atoms with van der Waals surface area (Å²) in [5.41, 5.74) is 0.331. The molecule has 1 fully saturated rings. The molecule has 1 N–H and O–H groups in total. The predicted octanol–water partition coefficient (Wildman–Crippen LogP) is 3.97. The van der Waals surface area contributed by atoms with Gasteiger partial charge in [0.2, 0.25) is 5.91 Å². The molecule has 162 valence electrons. The molecule has 0 bridgehead atoms. The molecule has 1 saturated heterocycles. The van der Waals surface area contributed by atoms with E-state index < -0.39 is 17.6 Å². The van der Waals surface area contributed by atoms with Gasteiger partial charge in [0.25, 0.3) is 5.91 Å². The standard InChI is InChI=1S/C22H21F3N4O2/c1-14(30)28-11-5-9-18(28)20-27-19(17-8-2-3-10-29(17)20)21(31)26-13-15-6-4-7-16(12-15)22(23,24)25/h2-4,6-8,10,12,18H,5,9,11,13H2,1H3,(H,26,31)/t18-/m1/s1. The van der Waals surface area contributed by atoms with Gasteiger partial charge < -0.3 is 14.6 Å². The zero-order valence-corrected chi connectivity index (χ0v) is 16.8. The summed E-state index contributed by atoms with van der Waals surface area (Å²) < 4.78 is 40.5. The van der Waals surface area contributed by atoms with Crippen LogP contribution < -0.4 is 5.32 Å². The van der Waals surface area contributed by atoms with E-state index in [1.807, 2.05) is 6.07 Å². The molecule has 6 nitrogen and oxygen atoms in total. The van der Waals surface area contributed by atoms with Crippen molar-refractivity contribution in [1.29, 1.82) is 0 Å². The van der Waals surface area contributed by atoms with Crippen molar-refractivity contribution in [2.24, 2.45) is 0 Å². The highest BCUT2D eigenvalue weighted by Crippen LogP contribution is 2.33. The zero-order chi connectivity index (χ0) is 22.2. The van der Waals surface area contributed by atoms with Crippen molar-refractivity contribution in [2.75, 3.05) is 6.54 Å². The molecule has 0 saturated carbocycles. The number of carbonyl (C=O) groups excluding carboxylic acids is 2. The first-order valence-electron chi connectivity index (χ1n) is 9.94. The number of aromatic nitrogens is 2. The monoisotopic (exact) mass is 430 g/mol. The normalized spacial score (nSPS) is 16.6. The smallest absolute Gasteiger partial charge is 0.347 e. The van der Waals surface area contributed by atoms with Gasteiger partial charge in [-0.25, -0.2) is 4.98 Å². The number of pyridine rings is 1. The Morgan fingerprint density at radius 2 is 2.00 bits per heavy atom. The lowest BCUT2D eigenvalue weighted by atomic mass is 10.1. The molecule has 0 spiro atoms. The van der Waals surface area contributed by atoms with E-state index in [-0.39, 0.29) is 24.2 Å². The number of fused-ring (bicyclic) bond motifs is 1. The summed E-state index contributed by atoms with van der Waals surface area (Å²) in [4.78, 5) is 31.2. The van der Waals surface area contributed by atoms with Crippen LogP contribution in [-0.2, 0) is 17.5 Å². The lowest BCUT2D eigenvalue weighted by Crippen LogP contribution is -2.29. The molecule has 0 radical (unpaired) electrons. The van der Waals surface area contributed by atoms with Crippen LogP contribution in [0.4, 0.5) is 13.2 Å². The average Bonchev–Trinajstić information content (AvgIpc) is 3.36. The maximum atomic E-state index is 12.9. The second kappa shape index (κ2) is 8.05. The highest BCUT2D eigenvalue weighted by molar-refractivity contribution is 5.99. The summed E-state index contributed by atoms with van der Waals surface area (Å²) in [6.07, 6.45) is -1.06. The number of alkyl halides is 3. The molecule has 31 heavy (non-hydrogen) atoms. The second-order valence-corrected chi connectivity index (χ2v) is 7.53. The van der Waals surface area contributed by atoms with Crippen LogP contribution in [0, 0.1) is 0 Å². The Balaban J connectivity index is 1.60. The van der Waals surface area contributed by atoms with E-state index in [9.17, 15) is 22.8 Å². The first kappa shape index (κ1) is 20.9. The zero-order valence-electron chi connectivity index (χ0n) is 16.8. The third-order valence-electron chi connectivity index (χ3n) is 5.45. The van der Waals surface area contributed by atoms with E-state index in [1.54, 1.807) is 27.6 Å². The van der Waals surface area contributed by atoms with E-state index in [0.29, 0.717) is 23.4 Å². The van der Waals surface area contributed by atoms with Gasteiger partial charge in [-0.2, -0.15) is 13.2 Å². The summed E-state index contributed by atoms with van der Waals surface area (Å²) in [5.74, 6) is 0.0676. The van der Waals surface area contributed by atoms with Crippen molar-refractivity contribution < 1.29 is 22.8 Å². The molecule has 4 rings (SSSR count). The van der Waals surface area contributed by atoms with Crippen molar-refractivity contribution >= 4 is 17.3 Å². The molecule has 2 aromatic heterocycles. The quantitative estimate of drug-likeness (QED) is 0.681. The Labute approximate surface area is 176 Å². The van der Waals surface area contributed by atoms with Crippen LogP contribution in [0.5, 0.6) is 0 Å². The van der Waals surface area contributed by atoms with Crippen LogP contribution in [0.15, 0.2) is 48.7 Å². The minimum absolute atomic E-state index is 0.0503. The number of carbonyl (C=O) groups is 2. The Kier molecular flexibility index (Phi) is 5.43. The summed E-state index contributed by atoms with van der Waals surface area (Å²) in [6, 6.07) is 9.96. The number of amides is 2. The average molecular weight is 430 g/mol. The highest BCUT2D eigenvalue weighted by Gasteiger charge is 2.33. The first-order valence-corrected chi connectivity index (χ1v) is 9.94. The van der Waals surface area contributed by atoms with Crippen LogP contribution in [-0.4, -0.2) is 32.6 Å². The van der Waals surface area contributed by atoms with Crippen LogP contribution in [0.3, 0.4) is 0 Å². The van der Waals surface area contributed by atoms with Gasteiger partial charge in [0.15, 0.2) is 5.69 Å². The van der Waals surface area contributed by atoms with E-state index in [2.05, 4.69) is 10.3 Å². The predicted molar refractivity (Wildman–Crippen MR) is 107 cm³/mol. The second-order valence-electron chi connectivity index (χ2n) is 7.53. The Hall–Kier alpha value is -3.36. The minimum atomic E-state index is -4.45. The molecule has 1 aliphatic rings. The van der Waals surface area contributed by atoms with Gasteiger partial charge in [-0.05, 0) is 42.7 Å². The lowest BCUT2D eigenvalue weighted by molar-refractivity contribution is -0.137. The molecule has 3 aromatic rings. The molecule has 1 aromatic carbocycles. The topological polar surface area (TPSA) is 66.7 Å². The fourth-order valence-electron chi connectivity index (χ4n) is 4.00. The Bertz CT molecular complexity index is 1140. The maximum Gasteiger partial charge on any atom is 0.416 e. The first-order chi connectivity index (χ1) is 14.8. The van der Waals surface area contributed by atoms with Gasteiger partial charge in [-0.3, -0.25) is 9.59 Å². The van der Waals surface area contributed by atoms with E-state index in [0.717, 1.165) is 25.0 Å². The molecular weight excluding hydrogens is 409 g/mol. The van der Waals surface area contributed by atoms with Crippen molar-refractivity contribution in [3.05, 3.63) is 71.3 Å². The van der Waals surface area contributed by atoms with Gasteiger partial charge in [-0.15, -0.1) is 0 Å². The maximum absolute atomic E-state index is 12.9. The van der Waals surface area contributed by atoms with Crippen molar-refractivity contribution in [1.82, 2.24) is 19.6 Å². The minimum Gasteiger partial charge on any atom is -0.347 e. The number of hydrogen-bond donors (Lipinski definition) is 1. The van der Waals surface area contributed by atoms with Crippen LogP contribution in [0.2, 0.25) is 0 Å². The van der Waals surface area contributed by atoms with Crippen LogP contribution in [0.25, 0.3) is 5.52 Å². The molecular formula is C22H21F3N4O2. The summed E-state index contributed by atoms with van der Waals surface area (Å²) >= 11 is 0. The fourth-order valence-corrected chi connectivity index (χ4v) is 4.00. The highest BCUT2D eigenvalue weighted by atomic mass is 19.4. The van der Waals surface area contributed by atoms with Crippen molar-refractivity contribution in [3.8, 4) is 0 Å². The number of hydrogen-bond acceptors (Lipinski definition) is 3. The molecule has 0 unspecified atom stereocenters. The van der Waals surface area contributed by atoms with Gasteiger partial charge >= 0.3 is 6.18 Å². The number of imidazole rings is 1. The summed E-state index contributed by atoms with van der Waals surface area (Å²) in [6.45, 7) is 2.09. The summed E-state index contributed by atoms with van der Waals surface area (Å²) in [7, 11) is 0. The number of halogens is 3. The molecule has 1 atom stereocenters. The van der Waals surface area contributed by atoms with Gasteiger partial charge in [0.05, 0.1) is 17.1 Å². The van der Waals surface area contributed by atoms with Crippen molar-refractivity contribution in [2.45, 2.75) is 38.5 Å². The largest absolute Gasteiger partial charge is 0.416 e.